The van der Waals surface area contributed by atoms with E-state index in [0.717, 1.165) is 40.9 Å². The van der Waals surface area contributed by atoms with Crippen molar-refractivity contribution in [2.45, 2.75) is 12.8 Å². The largest absolute Gasteiger partial charge is 0.493 e. The maximum absolute atomic E-state index is 13.5. The molecule has 0 bridgehead atoms. The Morgan fingerprint density at radius 2 is 1.53 bits per heavy atom. The average Bonchev–Trinajstić information content (AvgIpc) is 3.50. The quantitative estimate of drug-likeness (QED) is 0.370. The molecular formula is C29H27N3O4. The molecule has 0 saturated heterocycles. The number of benzene rings is 3. The van der Waals surface area contributed by atoms with E-state index in [2.05, 4.69) is 23.5 Å². The van der Waals surface area contributed by atoms with Crippen molar-refractivity contribution in [2.24, 2.45) is 0 Å². The number of nitrogens with one attached hydrogen (secondary N) is 1. The molecule has 182 valence electrons. The molecule has 0 fully saturated rings. The van der Waals surface area contributed by atoms with Gasteiger partial charge >= 0.3 is 0 Å². The van der Waals surface area contributed by atoms with Crippen LogP contribution in [0.3, 0.4) is 0 Å². The predicted molar refractivity (Wildman–Crippen MR) is 140 cm³/mol. The number of anilines is 1. The molecule has 0 radical (unpaired) electrons. The fourth-order valence-corrected chi connectivity index (χ4v) is 4.57. The van der Waals surface area contributed by atoms with Gasteiger partial charge in [0.1, 0.15) is 0 Å². The molecule has 0 saturated carbocycles. The van der Waals surface area contributed by atoms with Gasteiger partial charge in [0.15, 0.2) is 17.2 Å². The Hall–Kier alpha value is -4.52. The summed E-state index contributed by atoms with van der Waals surface area (Å²) in [5, 5.41) is 7.75. The van der Waals surface area contributed by atoms with Crippen LogP contribution in [-0.4, -0.2) is 37.0 Å². The maximum atomic E-state index is 13.5. The van der Waals surface area contributed by atoms with Crippen LogP contribution in [0.1, 0.15) is 33.7 Å². The minimum Gasteiger partial charge on any atom is -0.493 e. The molecule has 1 amide bonds. The zero-order valence-electron chi connectivity index (χ0n) is 20.4. The number of hydrogen-bond acceptors (Lipinski definition) is 5. The summed E-state index contributed by atoms with van der Waals surface area (Å²) in [4.78, 5) is 13.5. The second kappa shape index (κ2) is 10.00. The van der Waals surface area contributed by atoms with Crippen molar-refractivity contribution >= 4 is 23.2 Å². The van der Waals surface area contributed by atoms with Crippen LogP contribution in [0, 0.1) is 0 Å². The molecule has 7 nitrogen and oxygen atoms in total. The predicted octanol–water partition coefficient (Wildman–Crippen LogP) is 5.64. The molecular weight excluding hydrogens is 454 g/mol. The Labute approximate surface area is 209 Å². The molecule has 1 aliphatic rings. The number of carbonyl (C=O) groups is 1. The summed E-state index contributed by atoms with van der Waals surface area (Å²) >= 11 is 0. The Balaban J connectivity index is 1.56. The normalized spacial score (nSPS) is 13.4. The fourth-order valence-electron chi connectivity index (χ4n) is 4.57. The Kier molecular flexibility index (Phi) is 6.45. The van der Waals surface area contributed by atoms with Gasteiger partial charge < -0.3 is 19.5 Å². The van der Waals surface area contributed by atoms with E-state index in [1.54, 1.807) is 19.2 Å². The van der Waals surface area contributed by atoms with Crippen LogP contribution in [0.15, 0.2) is 72.8 Å². The molecule has 0 unspecified atom stereocenters. The standard InChI is InChI=1S/C29H27N3O4/c1-34-24-17-21(18-25(35-2)28(24)36-3)30-29(33)26-23-15-14-20(16-19-10-6-4-7-11-19)27(23)32(31-26)22-12-8-5-9-13-22/h4-13,16-18H,14-15H2,1-3H3,(H,30,33). The fraction of sp³-hybridized carbons (Fsp3) is 0.172. The highest BCUT2D eigenvalue weighted by atomic mass is 16.5. The van der Waals surface area contributed by atoms with E-state index in [0.29, 0.717) is 28.6 Å². The van der Waals surface area contributed by atoms with Gasteiger partial charge in [0, 0.05) is 23.4 Å². The van der Waals surface area contributed by atoms with Gasteiger partial charge in [-0.05, 0) is 42.2 Å². The number of ether oxygens (including phenoxy) is 3. The number of aromatic nitrogens is 2. The van der Waals surface area contributed by atoms with E-state index < -0.39 is 0 Å². The van der Waals surface area contributed by atoms with Gasteiger partial charge in [0.05, 0.1) is 32.7 Å². The third-order valence-electron chi connectivity index (χ3n) is 6.21. The van der Waals surface area contributed by atoms with E-state index in [1.165, 1.54) is 14.2 Å². The summed E-state index contributed by atoms with van der Waals surface area (Å²) in [6.45, 7) is 0. The lowest BCUT2D eigenvalue weighted by atomic mass is 10.1. The van der Waals surface area contributed by atoms with Crippen LogP contribution in [0.4, 0.5) is 5.69 Å². The van der Waals surface area contributed by atoms with Crippen molar-refractivity contribution in [3.05, 3.63) is 95.3 Å². The van der Waals surface area contributed by atoms with Crippen molar-refractivity contribution in [2.75, 3.05) is 26.6 Å². The number of amides is 1. The molecule has 1 aliphatic carbocycles. The smallest absolute Gasteiger partial charge is 0.276 e. The van der Waals surface area contributed by atoms with Gasteiger partial charge in [-0.15, -0.1) is 0 Å². The van der Waals surface area contributed by atoms with Gasteiger partial charge in [0.25, 0.3) is 5.91 Å². The summed E-state index contributed by atoms with van der Waals surface area (Å²) in [7, 11) is 4.62. The molecule has 0 spiro atoms. The summed E-state index contributed by atoms with van der Waals surface area (Å²) in [5.41, 5.74) is 6.01. The van der Waals surface area contributed by atoms with Crippen molar-refractivity contribution in [1.29, 1.82) is 0 Å². The molecule has 0 aliphatic heterocycles. The van der Waals surface area contributed by atoms with Crippen LogP contribution in [-0.2, 0) is 6.42 Å². The van der Waals surface area contributed by atoms with Gasteiger partial charge in [-0.1, -0.05) is 48.5 Å². The molecule has 1 heterocycles. The zero-order chi connectivity index (χ0) is 25.1. The summed E-state index contributed by atoms with van der Waals surface area (Å²) in [6.07, 6.45) is 3.74. The van der Waals surface area contributed by atoms with Crippen LogP contribution >= 0.6 is 0 Å². The summed E-state index contributed by atoms with van der Waals surface area (Å²) < 4.78 is 18.1. The highest BCUT2D eigenvalue weighted by Crippen LogP contribution is 2.41. The maximum Gasteiger partial charge on any atom is 0.276 e. The van der Waals surface area contributed by atoms with E-state index in [4.69, 9.17) is 19.3 Å². The molecule has 1 N–H and O–H groups in total. The van der Waals surface area contributed by atoms with Gasteiger partial charge in [-0.3, -0.25) is 4.79 Å². The van der Waals surface area contributed by atoms with E-state index >= 15 is 0 Å². The molecule has 3 aromatic carbocycles. The Bertz CT molecular complexity index is 1400. The van der Waals surface area contributed by atoms with E-state index in [1.807, 2.05) is 53.2 Å². The Morgan fingerprint density at radius 3 is 2.14 bits per heavy atom. The molecule has 4 aromatic rings. The van der Waals surface area contributed by atoms with Crippen LogP contribution in [0.2, 0.25) is 0 Å². The first-order valence-corrected chi connectivity index (χ1v) is 11.7. The van der Waals surface area contributed by atoms with Crippen LogP contribution in [0.5, 0.6) is 17.2 Å². The first kappa shape index (κ1) is 23.2. The number of rotatable bonds is 7. The summed E-state index contributed by atoms with van der Waals surface area (Å²) in [5.74, 6) is 1.08. The third-order valence-corrected chi connectivity index (χ3v) is 6.21. The van der Waals surface area contributed by atoms with E-state index in [9.17, 15) is 4.79 Å². The average molecular weight is 482 g/mol. The van der Waals surface area contributed by atoms with Crippen molar-refractivity contribution in [1.82, 2.24) is 9.78 Å². The molecule has 7 heteroatoms. The SMILES string of the molecule is COc1cc(NC(=O)c2nn(-c3ccccc3)c3c2CCC3=Cc2ccccc2)cc(OC)c1OC. The lowest BCUT2D eigenvalue weighted by molar-refractivity contribution is 0.102. The Morgan fingerprint density at radius 1 is 0.889 bits per heavy atom. The number of methoxy groups -OCH3 is 3. The van der Waals surface area contributed by atoms with Crippen LogP contribution < -0.4 is 19.5 Å². The topological polar surface area (TPSA) is 74.6 Å². The van der Waals surface area contributed by atoms with Crippen molar-refractivity contribution in [3.8, 4) is 22.9 Å². The number of para-hydroxylation sites is 1. The first-order valence-electron chi connectivity index (χ1n) is 11.7. The van der Waals surface area contributed by atoms with E-state index in [-0.39, 0.29) is 5.91 Å². The lowest BCUT2D eigenvalue weighted by Crippen LogP contribution is -2.15. The third kappa shape index (κ3) is 4.31. The second-order valence-corrected chi connectivity index (χ2v) is 8.37. The molecule has 36 heavy (non-hydrogen) atoms. The minimum atomic E-state index is -0.295. The number of nitrogens with zero attached hydrogens (tertiary/aromatic N) is 2. The number of allylic oxidation sites excluding steroid dienone is 1. The summed E-state index contributed by atoms with van der Waals surface area (Å²) in [6, 6.07) is 23.5. The van der Waals surface area contributed by atoms with Crippen molar-refractivity contribution < 1.29 is 19.0 Å². The monoisotopic (exact) mass is 481 g/mol. The lowest BCUT2D eigenvalue weighted by Gasteiger charge is -2.14. The first-order chi connectivity index (χ1) is 17.6. The second-order valence-electron chi connectivity index (χ2n) is 8.37. The minimum absolute atomic E-state index is 0.295. The highest BCUT2D eigenvalue weighted by Gasteiger charge is 2.30. The van der Waals surface area contributed by atoms with Crippen LogP contribution in [0.25, 0.3) is 17.3 Å². The highest BCUT2D eigenvalue weighted by molar-refractivity contribution is 6.06. The molecule has 0 atom stereocenters. The van der Waals surface area contributed by atoms with Gasteiger partial charge in [0.2, 0.25) is 5.75 Å². The number of fused-ring (bicyclic) bond motifs is 1. The van der Waals surface area contributed by atoms with Gasteiger partial charge in [-0.25, -0.2) is 4.68 Å². The number of hydrogen-bond donors (Lipinski definition) is 1. The number of carbonyl (C=O) groups excluding carboxylic acids is 1. The molecule has 1 aromatic heterocycles. The van der Waals surface area contributed by atoms with Gasteiger partial charge in [-0.2, -0.15) is 5.10 Å². The zero-order valence-corrected chi connectivity index (χ0v) is 20.4. The van der Waals surface area contributed by atoms with Crippen molar-refractivity contribution in [3.63, 3.8) is 0 Å². The molecule has 5 rings (SSSR count).